The molecule has 0 saturated carbocycles. The quantitative estimate of drug-likeness (QED) is 0.710. The number of rotatable bonds is 3. The summed E-state index contributed by atoms with van der Waals surface area (Å²) in [7, 11) is -4.00. The van der Waals surface area contributed by atoms with Crippen molar-refractivity contribution in [2.75, 3.05) is 6.54 Å². The Kier molecular flexibility index (Phi) is 3.21. The fourth-order valence-electron chi connectivity index (χ4n) is 0.792. The van der Waals surface area contributed by atoms with Gasteiger partial charge in [0.05, 0.1) is 6.54 Å². The van der Waals surface area contributed by atoms with Crippen LogP contribution in [0.1, 0.15) is 0 Å². The van der Waals surface area contributed by atoms with E-state index in [1.54, 1.807) is 6.07 Å². The van der Waals surface area contributed by atoms with Crippen molar-refractivity contribution in [2.45, 2.75) is 4.90 Å². The van der Waals surface area contributed by atoms with E-state index in [9.17, 15) is 13.2 Å². The molecule has 0 spiro atoms. The van der Waals surface area contributed by atoms with Crippen LogP contribution in [0.4, 0.5) is 0 Å². The summed E-state index contributed by atoms with van der Waals surface area (Å²) < 4.78 is 26.8. The van der Waals surface area contributed by atoms with Gasteiger partial charge >= 0.3 is 16.1 Å². The van der Waals surface area contributed by atoms with Gasteiger partial charge in [0.15, 0.2) is 0 Å². The molecule has 0 atom stereocenters. The predicted octanol–water partition coefficient (Wildman–Crippen LogP) is -0.123. The Morgan fingerprint density at radius 2 is 1.86 bits per heavy atom. The average molecular weight is 215 g/mol. The van der Waals surface area contributed by atoms with Gasteiger partial charge in [0.1, 0.15) is 4.90 Å². The molecule has 1 rings (SSSR count). The van der Waals surface area contributed by atoms with Gasteiger partial charge in [-0.15, -0.1) is 0 Å². The molecule has 1 aromatic rings. The maximum atomic E-state index is 11.3. The SMILES string of the molecule is NCC(=O)OS(=O)(=O)c1ccccc1. The second-order valence-corrected chi connectivity index (χ2v) is 3.97. The van der Waals surface area contributed by atoms with Crippen molar-refractivity contribution in [2.24, 2.45) is 5.73 Å². The molecular formula is C8H9NO4S. The van der Waals surface area contributed by atoms with Crippen LogP contribution in [-0.2, 0) is 19.1 Å². The lowest BCUT2D eigenvalue weighted by Gasteiger charge is -2.03. The van der Waals surface area contributed by atoms with Crippen LogP contribution in [0.2, 0.25) is 0 Å². The van der Waals surface area contributed by atoms with E-state index in [4.69, 9.17) is 5.73 Å². The first-order chi connectivity index (χ1) is 6.56. The van der Waals surface area contributed by atoms with Crippen LogP contribution in [0.5, 0.6) is 0 Å². The smallest absolute Gasteiger partial charge is 0.341 e. The Labute approximate surface area is 81.6 Å². The normalized spacial score (nSPS) is 10.9. The molecule has 0 fully saturated rings. The minimum atomic E-state index is -4.00. The third kappa shape index (κ3) is 2.54. The highest BCUT2D eigenvalue weighted by Gasteiger charge is 2.18. The van der Waals surface area contributed by atoms with E-state index in [2.05, 4.69) is 4.18 Å². The molecule has 5 nitrogen and oxygen atoms in total. The average Bonchev–Trinajstić information content (AvgIpc) is 2.18. The molecular weight excluding hydrogens is 206 g/mol. The highest BCUT2D eigenvalue weighted by Crippen LogP contribution is 2.10. The topological polar surface area (TPSA) is 86.5 Å². The zero-order chi connectivity index (χ0) is 10.6. The van der Waals surface area contributed by atoms with Crippen molar-refractivity contribution in [3.05, 3.63) is 30.3 Å². The van der Waals surface area contributed by atoms with E-state index < -0.39 is 22.6 Å². The van der Waals surface area contributed by atoms with Gasteiger partial charge in [-0.2, -0.15) is 8.42 Å². The van der Waals surface area contributed by atoms with Crippen LogP contribution >= 0.6 is 0 Å². The van der Waals surface area contributed by atoms with Crippen molar-refractivity contribution < 1.29 is 17.4 Å². The fourth-order valence-corrected chi connectivity index (χ4v) is 1.69. The maximum Gasteiger partial charge on any atom is 0.341 e. The molecule has 0 heterocycles. The molecule has 0 saturated heterocycles. The summed E-state index contributed by atoms with van der Waals surface area (Å²) in [6, 6.07) is 7.38. The van der Waals surface area contributed by atoms with E-state index in [0.717, 1.165) is 0 Å². The van der Waals surface area contributed by atoms with E-state index in [1.807, 2.05) is 0 Å². The molecule has 6 heteroatoms. The molecule has 1 aromatic carbocycles. The van der Waals surface area contributed by atoms with E-state index in [0.29, 0.717) is 0 Å². The highest BCUT2D eigenvalue weighted by atomic mass is 32.2. The van der Waals surface area contributed by atoms with Crippen LogP contribution in [-0.4, -0.2) is 20.9 Å². The largest absolute Gasteiger partial charge is 0.341 e. The molecule has 0 bridgehead atoms. The number of carbonyl (C=O) groups excluding carboxylic acids is 1. The second kappa shape index (κ2) is 4.21. The number of hydrogen-bond donors (Lipinski definition) is 1. The molecule has 2 N–H and O–H groups in total. The Bertz CT molecular complexity index is 412. The molecule has 0 aliphatic heterocycles. The van der Waals surface area contributed by atoms with Gasteiger partial charge < -0.3 is 9.92 Å². The van der Waals surface area contributed by atoms with Gasteiger partial charge in [0, 0.05) is 0 Å². The summed E-state index contributed by atoms with van der Waals surface area (Å²) in [5.74, 6) is -0.978. The monoisotopic (exact) mass is 215 g/mol. The summed E-state index contributed by atoms with van der Waals surface area (Å²) in [6.07, 6.45) is 0. The molecule has 0 unspecified atom stereocenters. The minimum absolute atomic E-state index is 0.0678. The third-order valence-corrected chi connectivity index (χ3v) is 2.66. The first-order valence-corrected chi connectivity index (χ1v) is 5.19. The molecule has 0 aliphatic carbocycles. The number of nitrogens with two attached hydrogens (primary N) is 1. The van der Waals surface area contributed by atoms with Gasteiger partial charge in [0.25, 0.3) is 0 Å². The highest BCUT2D eigenvalue weighted by molar-refractivity contribution is 7.87. The van der Waals surface area contributed by atoms with Crippen molar-refractivity contribution in [1.29, 1.82) is 0 Å². The first kappa shape index (κ1) is 10.7. The fraction of sp³-hybridized carbons (Fsp3) is 0.125. The molecule has 0 aliphatic rings. The van der Waals surface area contributed by atoms with E-state index >= 15 is 0 Å². The molecule has 14 heavy (non-hydrogen) atoms. The van der Waals surface area contributed by atoms with Gasteiger partial charge in [0.2, 0.25) is 0 Å². The lowest BCUT2D eigenvalue weighted by molar-refractivity contribution is -0.132. The van der Waals surface area contributed by atoms with Crippen molar-refractivity contribution in [1.82, 2.24) is 0 Å². The summed E-state index contributed by atoms with van der Waals surface area (Å²) in [5, 5.41) is 0. The van der Waals surface area contributed by atoms with Gasteiger partial charge in [-0.3, -0.25) is 0 Å². The third-order valence-electron chi connectivity index (χ3n) is 1.40. The number of benzene rings is 1. The summed E-state index contributed by atoms with van der Waals surface area (Å²) in [4.78, 5) is 10.6. The zero-order valence-electron chi connectivity index (χ0n) is 7.21. The van der Waals surface area contributed by atoms with Crippen LogP contribution in [0.3, 0.4) is 0 Å². The molecule has 0 amide bonds. The summed E-state index contributed by atoms with van der Waals surface area (Å²) in [6.45, 7) is -0.466. The van der Waals surface area contributed by atoms with Crippen LogP contribution in [0, 0.1) is 0 Å². The Morgan fingerprint density at radius 3 is 2.36 bits per heavy atom. The summed E-state index contributed by atoms with van der Waals surface area (Å²) >= 11 is 0. The van der Waals surface area contributed by atoms with Crippen molar-refractivity contribution in [3.8, 4) is 0 Å². The van der Waals surface area contributed by atoms with Crippen molar-refractivity contribution in [3.63, 3.8) is 0 Å². The van der Waals surface area contributed by atoms with Crippen LogP contribution in [0.25, 0.3) is 0 Å². The van der Waals surface area contributed by atoms with E-state index in [-0.39, 0.29) is 4.90 Å². The minimum Gasteiger partial charge on any atom is -0.341 e. The standard InChI is InChI=1S/C8H9NO4S/c9-6-8(10)13-14(11,12)7-4-2-1-3-5-7/h1-5H,6,9H2. The van der Waals surface area contributed by atoms with Crippen LogP contribution in [0.15, 0.2) is 35.2 Å². The number of carbonyl (C=O) groups is 1. The summed E-state index contributed by atoms with van der Waals surface area (Å²) in [5.41, 5.74) is 4.92. The molecule has 0 radical (unpaired) electrons. The molecule has 0 aromatic heterocycles. The van der Waals surface area contributed by atoms with Gasteiger partial charge in [-0.05, 0) is 12.1 Å². The Balaban J connectivity index is 2.93. The Morgan fingerprint density at radius 1 is 1.29 bits per heavy atom. The van der Waals surface area contributed by atoms with Crippen molar-refractivity contribution >= 4 is 16.1 Å². The lowest BCUT2D eigenvalue weighted by atomic mass is 10.4. The van der Waals surface area contributed by atoms with E-state index in [1.165, 1.54) is 24.3 Å². The van der Waals surface area contributed by atoms with Crippen LogP contribution < -0.4 is 5.73 Å². The maximum absolute atomic E-state index is 11.3. The zero-order valence-corrected chi connectivity index (χ0v) is 8.03. The molecule has 76 valence electrons. The second-order valence-electron chi connectivity index (χ2n) is 2.43. The number of hydrogen-bond acceptors (Lipinski definition) is 5. The van der Waals surface area contributed by atoms with Gasteiger partial charge in [-0.25, -0.2) is 4.79 Å². The Hall–Kier alpha value is -1.40. The predicted molar refractivity (Wildman–Crippen MR) is 48.8 cm³/mol. The first-order valence-electron chi connectivity index (χ1n) is 3.78. The lowest BCUT2D eigenvalue weighted by Crippen LogP contribution is -2.20. The van der Waals surface area contributed by atoms with Gasteiger partial charge in [-0.1, -0.05) is 18.2 Å².